The van der Waals surface area contributed by atoms with Gasteiger partial charge in [-0.15, -0.1) is 0 Å². The van der Waals surface area contributed by atoms with Gasteiger partial charge in [-0.1, -0.05) is 78.9 Å². The van der Waals surface area contributed by atoms with Gasteiger partial charge in [0, 0.05) is 32.7 Å². The van der Waals surface area contributed by atoms with E-state index in [0.717, 1.165) is 36.3 Å². The Labute approximate surface area is 225 Å². The predicted molar refractivity (Wildman–Crippen MR) is 150 cm³/mol. The standard InChI is InChI=1S/C30H35N3O4S/c1-24-15-16-28(37-2)29(22-24)38(35,36)31-27(23-26-12-7-4-8-13-26)30(34)33-20-18-32(19-21-33)17-9-14-25-10-5-3-6-11-25/h3-16,22,27,31H,17-21,23H2,1-2H3/b14-9+. The molecular weight excluding hydrogens is 498 g/mol. The number of aryl methyl sites for hydroxylation is 1. The molecule has 0 bridgehead atoms. The zero-order valence-corrected chi connectivity index (χ0v) is 22.7. The molecular formula is C30H35N3O4S. The van der Waals surface area contributed by atoms with E-state index >= 15 is 0 Å². The van der Waals surface area contributed by atoms with Crippen LogP contribution in [0.5, 0.6) is 5.75 Å². The first-order chi connectivity index (χ1) is 18.4. The second kappa shape index (κ2) is 12.9. The zero-order chi connectivity index (χ0) is 27.0. The molecule has 3 aromatic rings. The van der Waals surface area contributed by atoms with Crippen LogP contribution in [0.25, 0.3) is 6.08 Å². The molecule has 0 aromatic heterocycles. The van der Waals surface area contributed by atoms with Crippen molar-refractivity contribution in [2.45, 2.75) is 24.3 Å². The summed E-state index contributed by atoms with van der Waals surface area (Å²) in [5.74, 6) is 0.0229. The van der Waals surface area contributed by atoms with E-state index in [4.69, 9.17) is 4.74 Å². The maximum atomic E-state index is 13.7. The van der Waals surface area contributed by atoms with Crippen molar-refractivity contribution in [1.82, 2.24) is 14.5 Å². The van der Waals surface area contributed by atoms with Crippen LogP contribution in [0, 0.1) is 6.92 Å². The number of hydrogen-bond acceptors (Lipinski definition) is 5. The zero-order valence-electron chi connectivity index (χ0n) is 21.9. The number of carbonyl (C=O) groups is 1. The van der Waals surface area contributed by atoms with E-state index in [1.807, 2.05) is 55.5 Å². The molecule has 38 heavy (non-hydrogen) atoms. The van der Waals surface area contributed by atoms with E-state index in [-0.39, 0.29) is 23.0 Å². The van der Waals surface area contributed by atoms with Crippen LogP contribution in [0.2, 0.25) is 0 Å². The number of benzene rings is 3. The minimum atomic E-state index is -4.02. The molecule has 1 amide bonds. The first kappa shape index (κ1) is 27.6. The van der Waals surface area contributed by atoms with Crippen molar-refractivity contribution >= 4 is 22.0 Å². The van der Waals surface area contributed by atoms with E-state index in [9.17, 15) is 13.2 Å². The lowest BCUT2D eigenvalue weighted by Gasteiger charge is -2.36. The Hall–Kier alpha value is -3.46. The van der Waals surface area contributed by atoms with Crippen molar-refractivity contribution in [3.05, 3.63) is 102 Å². The lowest BCUT2D eigenvalue weighted by Crippen LogP contribution is -2.55. The van der Waals surface area contributed by atoms with Crippen LogP contribution in [-0.4, -0.2) is 70.0 Å². The molecule has 1 aliphatic heterocycles. The molecule has 1 unspecified atom stereocenters. The Kier molecular flexibility index (Phi) is 9.33. The van der Waals surface area contributed by atoms with Gasteiger partial charge < -0.3 is 9.64 Å². The summed E-state index contributed by atoms with van der Waals surface area (Å²) in [6.07, 6.45) is 4.49. The number of rotatable bonds is 10. The molecule has 1 saturated heterocycles. The summed E-state index contributed by atoms with van der Waals surface area (Å²) in [5.41, 5.74) is 2.83. The number of nitrogens with one attached hydrogen (secondary N) is 1. The third kappa shape index (κ3) is 7.31. The second-order valence-corrected chi connectivity index (χ2v) is 11.1. The van der Waals surface area contributed by atoms with Crippen LogP contribution in [0.1, 0.15) is 16.7 Å². The number of ether oxygens (including phenoxy) is 1. The third-order valence-corrected chi connectivity index (χ3v) is 8.14. The molecule has 3 aromatic carbocycles. The van der Waals surface area contributed by atoms with Crippen molar-refractivity contribution in [1.29, 1.82) is 0 Å². The molecule has 0 aliphatic carbocycles. The van der Waals surface area contributed by atoms with Crippen molar-refractivity contribution in [2.24, 2.45) is 0 Å². The van der Waals surface area contributed by atoms with Gasteiger partial charge in [0.25, 0.3) is 0 Å². The normalized spacial score (nSPS) is 15.5. The summed E-state index contributed by atoms with van der Waals surface area (Å²) >= 11 is 0. The number of amides is 1. The molecule has 1 heterocycles. The lowest BCUT2D eigenvalue weighted by atomic mass is 10.1. The molecule has 0 saturated carbocycles. The van der Waals surface area contributed by atoms with Crippen LogP contribution in [0.15, 0.2) is 89.8 Å². The number of piperazine rings is 1. The quantitative estimate of drug-likeness (QED) is 0.430. The average molecular weight is 534 g/mol. The van der Waals surface area contributed by atoms with E-state index in [1.54, 1.807) is 23.1 Å². The molecule has 1 fully saturated rings. The number of methoxy groups -OCH3 is 1. The first-order valence-corrected chi connectivity index (χ1v) is 14.3. The van der Waals surface area contributed by atoms with Gasteiger partial charge in [-0.3, -0.25) is 9.69 Å². The minimum absolute atomic E-state index is 0.0286. The van der Waals surface area contributed by atoms with Gasteiger partial charge in [-0.25, -0.2) is 8.42 Å². The number of carbonyl (C=O) groups excluding carboxylic acids is 1. The Balaban J connectivity index is 1.45. The number of nitrogens with zero attached hydrogens (tertiary/aromatic N) is 2. The fraction of sp³-hybridized carbons (Fsp3) is 0.300. The molecule has 8 heteroatoms. The highest BCUT2D eigenvalue weighted by Gasteiger charge is 2.32. The Morgan fingerprint density at radius 3 is 2.29 bits per heavy atom. The molecule has 7 nitrogen and oxygen atoms in total. The third-order valence-electron chi connectivity index (χ3n) is 6.64. The minimum Gasteiger partial charge on any atom is -0.495 e. The second-order valence-electron chi connectivity index (χ2n) is 9.46. The highest BCUT2D eigenvalue weighted by molar-refractivity contribution is 7.89. The van der Waals surface area contributed by atoms with Crippen LogP contribution < -0.4 is 9.46 Å². The summed E-state index contributed by atoms with van der Waals surface area (Å²) in [4.78, 5) is 17.8. The van der Waals surface area contributed by atoms with Crippen molar-refractivity contribution in [3.8, 4) is 5.75 Å². The molecule has 200 valence electrons. The Bertz CT molecular complexity index is 1340. The topological polar surface area (TPSA) is 78.9 Å². The van der Waals surface area contributed by atoms with Gasteiger partial charge in [-0.2, -0.15) is 4.72 Å². The largest absolute Gasteiger partial charge is 0.495 e. The maximum absolute atomic E-state index is 13.7. The van der Waals surface area contributed by atoms with E-state index in [1.165, 1.54) is 7.11 Å². The number of hydrogen-bond donors (Lipinski definition) is 1. The molecule has 0 spiro atoms. The summed E-state index contributed by atoms with van der Waals surface area (Å²) in [7, 11) is -2.58. The highest BCUT2D eigenvalue weighted by atomic mass is 32.2. The van der Waals surface area contributed by atoms with Crippen LogP contribution in [0.3, 0.4) is 0 Å². The predicted octanol–water partition coefficient (Wildman–Crippen LogP) is 3.75. The SMILES string of the molecule is COc1ccc(C)cc1S(=O)(=O)NC(Cc1ccccc1)C(=O)N1CCN(C/C=C/c2ccccc2)CC1. The van der Waals surface area contributed by atoms with Gasteiger partial charge in [0.05, 0.1) is 7.11 Å². The van der Waals surface area contributed by atoms with E-state index in [0.29, 0.717) is 13.1 Å². The average Bonchev–Trinajstić information content (AvgIpc) is 2.94. The fourth-order valence-electron chi connectivity index (χ4n) is 4.55. The first-order valence-electron chi connectivity index (χ1n) is 12.8. The molecule has 1 N–H and O–H groups in total. The fourth-order valence-corrected chi connectivity index (χ4v) is 5.99. The summed E-state index contributed by atoms with van der Waals surface area (Å²) in [6.45, 7) is 5.14. The molecule has 0 radical (unpaired) electrons. The maximum Gasteiger partial charge on any atom is 0.244 e. The van der Waals surface area contributed by atoms with E-state index in [2.05, 4.69) is 33.9 Å². The monoisotopic (exact) mass is 533 g/mol. The molecule has 1 aliphatic rings. The van der Waals surface area contributed by atoms with Gasteiger partial charge in [0.2, 0.25) is 15.9 Å². The Morgan fingerprint density at radius 2 is 1.63 bits per heavy atom. The lowest BCUT2D eigenvalue weighted by molar-refractivity contribution is -0.134. The van der Waals surface area contributed by atoms with Crippen molar-refractivity contribution in [3.63, 3.8) is 0 Å². The smallest absolute Gasteiger partial charge is 0.244 e. The summed E-state index contributed by atoms with van der Waals surface area (Å²) < 4.78 is 34.9. The summed E-state index contributed by atoms with van der Waals surface area (Å²) in [5, 5.41) is 0. The van der Waals surface area contributed by atoms with Crippen LogP contribution >= 0.6 is 0 Å². The van der Waals surface area contributed by atoms with Crippen LogP contribution in [0.4, 0.5) is 0 Å². The van der Waals surface area contributed by atoms with Crippen molar-refractivity contribution in [2.75, 3.05) is 39.8 Å². The van der Waals surface area contributed by atoms with E-state index < -0.39 is 16.1 Å². The van der Waals surface area contributed by atoms with Gasteiger partial charge in [0.15, 0.2) is 0 Å². The van der Waals surface area contributed by atoms with Crippen LogP contribution in [-0.2, 0) is 21.2 Å². The van der Waals surface area contributed by atoms with Gasteiger partial charge >= 0.3 is 0 Å². The van der Waals surface area contributed by atoms with Gasteiger partial charge in [0.1, 0.15) is 16.7 Å². The Morgan fingerprint density at radius 1 is 0.974 bits per heavy atom. The van der Waals surface area contributed by atoms with Gasteiger partial charge in [-0.05, 0) is 42.2 Å². The van der Waals surface area contributed by atoms with Crippen molar-refractivity contribution < 1.29 is 17.9 Å². The number of sulfonamides is 1. The molecule has 1 atom stereocenters. The molecule has 4 rings (SSSR count). The highest BCUT2D eigenvalue weighted by Crippen LogP contribution is 2.25. The summed E-state index contributed by atoms with van der Waals surface area (Å²) in [6, 6.07) is 23.7.